The summed E-state index contributed by atoms with van der Waals surface area (Å²) in [7, 11) is -13.2. The third-order valence-corrected chi connectivity index (χ3v) is 6.87. The number of phosphoric acid groups is 1. The zero-order valence-electron chi connectivity index (χ0n) is 15.9. The topological polar surface area (TPSA) is 130 Å². The van der Waals surface area contributed by atoms with Crippen molar-refractivity contribution in [3.05, 3.63) is 46.8 Å². The molecule has 0 bridgehead atoms. The van der Waals surface area contributed by atoms with Gasteiger partial charge in [-0.05, 0) is 57.7 Å². The molecule has 3 atom stereocenters. The molecule has 0 spiro atoms. The van der Waals surface area contributed by atoms with Crippen molar-refractivity contribution < 1.29 is 37.0 Å². The number of rotatable bonds is 12. The summed E-state index contributed by atoms with van der Waals surface area (Å²) in [6, 6.07) is 0. The minimum Gasteiger partial charge on any atom is -0.321 e. The van der Waals surface area contributed by atoms with Crippen molar-refractivity contribution in [1.82, 2.24) is 0 Å². The molecule has 0 aromatic carbocycles. The van der Waals surface area contributed by atoms with Crippen LogP contribution in [0, 0.1) is 0 Å². The van der Waals surface area contributed by atoms with E-state index in [1.54, 1.807) is 6.08 Å². The Balaban J connectivity index is 4.54. The summed E-state index contributed by atoms with van der Waals surface area (Å²) < 4.78 is 40.9. The van der Waals surface area contributed by atoms with E-state index >= 15 is 0 Å². The van der Waals surface area contributed by atoms with Crippen LogP contribution in [0.2, 0.25) is 0 Å². The minimum atomic E-state index is -5.11. The van der Waals surface area contributed by atoms with Crippen LogP contribution in [-0.2, 0) is 22.3 Å². The third kappa shape index (κ3) is 16.0. The number of allylic oxidation sites excluding steroid dienone is 7. The Hall–Kier alpha value is -0.680. The van der Waals surface area contributed by atoms with Crippen molar-refractivity contribution in [1.29, 1.82) is 0 Å². The minimum absolute atomic E-state index is 0.702. The van der Waals surface area contributed by atoms with Gasteiger partial charge in [-0.15, -0.1) is 4.89 Å². The van der Waals surface area contributed by atoms with Crippen LogP contribution in [0.5, 0.6) is 0 Å². The Kier molecular flexibility index (Phi) is 12.4. The third-order valence-electron chi connectivity index (χ3n) is 3.17. The Morgan fingerprint density at radius 2 is 1.56 bits per heavy atom. The first-order chi connectivity index (χ1) is 12.3. The summed E-state index contributed by atoms with van der Waals surface area (Å²) in [6.07, 6.45) is 10.7. The van der Waals surface area contributed by atoms with Gasteiger partial charge in [0, 0.05) is 10.4 Å². The van der Waals surface area contributed by atoms with Gasteiger partial charge in [0.05, 0.1) is 0 Å². The summed E-state index contributed by atoms with van der Waals surface area (Å²) in [5.74, 6) is 0.702. The second-order valence-corrected chi connectivity index (χ2v) is 10.3. The lowest BCUT2D eigenvalue weighted by Gasteiger charge is -2.07. The van der Waals surface area contributed by atoms with Gasteiger partial charge in [-0.1, -0.05) is 41.0 Å². The van der Waals surface area contributed by atoms with Gasteiger partial charge in [0.1, 0.15) is 0 Å². The zero-order chi connectivity index (χ0) is 21.1. The normalized spacial score (nSPS) is 18.1. The van der Waals surface area contributed by atoms with E-state index in [-0.39, 0.29) is 0 Å². The molecule has 0 aromatic heterocycles. The van der Waals surface area contributed by atoms with E-state index in [1.165, 1.54) is 17.2 Å². The van der Waals surface area contributed by atoms with Gasteiger partial charge in [0.15, 0.2) is 0 Å². The lowest BCUT2D eigenvalue weighted by Crippen LogP contribution is -1.87. The molecular formula is C16H28O8P3+. The molecule has 3 N–H and O–H groups in total. The Morgan fingerprint density at radius 1 is 1.00 bits per heavy atom. The van der Waals surface area contributed by atoms with E-state index in [2.05, 4.69) is 41.5 Å². The van der Waals surface area contributed by atoms with Crippen molar-refractivity contribution in [2.75, 3.05) is 0 Å². The average Bonchev–Trinajstić information content (AvgIpc) is 2.43. The molecule has 0 aliphatic carbocycles. The molecule has 0 radical (unpaired) electrons. The Labute approximate surface area is 161 Å². The van der Waals surface area contributed by atoms with Gasteiger partial charge in [-0.2, -0.15) is 0 Å². The molecule has 0 aromatic rings. The first-order valence-electron chi connectivity index (χ1n) is 8.19. The maximum atomic E-state index is 11.7. The monoisotopic (exact) mass is 441 g/mol. The predicted octanol–water partition coefficient (Wildman–Crippen LogP) is 5.89. The van der Waals surface area contributed by atoms with Gasteiger partial charge >= 0.3 is 23.7 Å². The van der Waals surface area contributed by atoms with Crippen molar-refractivity contribution in [2.45, 2.75) is 53.4 Å². The highest BCUT2D eigenvalue weighted by molar-refractivity contribution is 7.68. The fraction of sp³-hybridized carbons (Fsp3) is 0.500. The van der Waals surface area contributed by atoms with E-state index in [0.717, 1.165) is 31.3 Å². The highest BCUT2D eigenvalue weighted by Crippen LogP contribution is 2.63. The molecule has 11 heteroatoms. The van der Waals surface area contributed by atoms with Crippen molar-refractivity contribution in [2.24, 2.45) is 0 Å². The van der Waals surface area contributed by atoms with Crippen LogP contribution in [0.25, 0.3) is 0 Å². The fourth-order valence-electron chi connectivity index (χ4n) is 1.91. The number of hydrogen-bond acceptors (Lipinski definition) is 5. The van der Waals surface area contributed by atoms with Crippen molar-refractivity contribution in [3.63, 3.8) is 0 Å². The van der Waals surface area contributed by atoms with E-state index < -0.39 is 23.7 Å². The molecule has 0 saturated carbocycles. The summed E-state index contributed by atoms with van der Waals surface area (Å²) in [5, 5.41) is 0. The number of hydrogen-bond donors (Lipinski definition) is 3. The van der Waals surface area contributed by atoms with E-state index in [0.29, 0.717) is 5.82 Å². The van der Waals surface area contributed by atoms with Crippen molar-refractivity contribution >= 4 is 23.7 Å². The molecular weight excluding hydrogens is 413 g/mol. The summed E-state index contributed by atoms with van der Waals surface area (Å²) >= 11 is 0. The summed E-state index contributed by atoms with van der Waals surface area (Å²) in [6.45, 7) is 8.05. The molecule has 0 saturated heterocycles. The van der Waals surface area contributed by atoms with Crippen LogP contribution < -0.4 is 0 Å². The molecule has 0 aliphatic heterocycles. The summed E-state index contributed by atoms with van der Waals surface area (Å²) in [4.78, 5) is 26.9. The molecule has 0 fully saturated rings. The second kappa shape index (κ2) is 12.7. The van der Waals surface area contributed by atoms with Crippen LogP contribution in [0.3, 0.4) is 0 Å². The van der Waals surface area contributed by atoms with Gasteiger partial charge < -0.3 is 4.89 Å². The first-order valence-corrected chi connectivity index (χ1v) is 12.5. The molecule has 0 aliphatic rings. The SMILES string of the molecule is CC(C)=CCCC(C)=CCCC(C)=CC=CP(=O)(O)OP(=O)(O)O[P+](=O)O. The maximum Gasteiger partial charge on any atom is 0.705 e. The van der Waals surface area contributed by atoms with E-state index in [1.807, 2.05) is 6.92 Å². The molecule has 8 nitrogen and oxygen atoms in total. The lowest BCUT2D eigenvalue weighted by atomic mass is 10.1. The Bertz CT molecular complexity index is 717. The highest BCUT2D eigenvalue weighted by Gasteiger charge is 2.40. The van der Waals surface area contributed by atoms with Crippen LogP contribution in [0.15, 0.2) is 46.8 Å². The van der Waals surface area contributed by atoms with E-state index in [9.17, 15) is 18.6 Å². The maximum absolute atomic E-state index is 11.7. The highest BCUT2D eigenvalue weighted by atomic mass is 31.3. The molecule has 27 heavy (non-hydrogen) atoms. The fourth-order valence-corrected chi connectivity index (χ4v) is 4.71. The smallest absolute Gasteiger partial charge is 0.321 e. The summed E-state index contributed by atoms with van der Waals surface area (Å²) in [5.41, 5.74) is 3.53. The largest absolute Gasteiger partial charge is 0.705 e. The van der Waals surface area contributed by atoms with Gasteiger partial charge in [0.2, 0.25) is 0 Å². The van der Waals surface area contributed by atoms with Crippen LogP contribution in [-0.4, -0.2) is 14.7 Å². The standard InChI is InChI=1S/C16H27O8P3/c1-14(2)8-5-9-15(3)10-6-11-16(4)12-7-13-26(19,20)24-27(21,22)23-25(17)18/h7-8,10,12-13H,5-6,9,11H2,1-4H3,(H2-,17,18,19,20,21,22)/p+1. The molecule has 154 valence electrons. The van der Waals surface area contributed by atoms with Crippen molar-refractivity contribution in [3.8, 4) is 0 Å². The van der Waals surface area contributed by atoms with Crippen LogP contribution in [0.4, 0.5) is 0 Å². The van der Waals surface area contributed by atoms with E-state index in [4.69, 9.17) is 9.79 Å². The zero-order valence-corrected chi connectivity index (χ0v) is 18.6. The average molecular weight is 441 g/mol. The van der Waals surface area contributed by atoms with Gasteiger partial charge in [-0.3, -0.25) is 9.46 Å². The second-order valence-electron chi connectivity index (χ2n) is 6.20. The molecule has 0 heterocycles. The molecule has 3 unspecified atom stereocenters. The van der Waals surface area contributed by atoms with Crippen LogP contribution in [0.1, 0.15) is 53.4 Å². The predicted molar refractivity (Wildman–Crippen MR) is 106 cm³/mol. The first kappa shape index (κ1) is 26.3. The molecule has 0 rings (SSSR count). The quantitative estimate of drug-likeness (QED) is 0.194. The van der Waals surface area contributed by atoms with Gasteiger partial charge in [-0.25, -0.2) is 8.88 Å². The van der Waals surface area contributed by atoms with Gasteiger partial charge in [0.25, 0.3) is 0 Å². The van der Waals surface area contributed by atoms with Crippen LogP contribution >= 0.6 is 23.7 Å². The lowest BCUT2D eigenvalue weighted by molar-refractivity contribution is 0.266. The Morgan fingerprint density at radius 3 is 2.11 bits per heavy atom. The molecule has 0 amide bonds.